The molecular weight excluding hydrogens is 486 g/mol. The summed E-state index contributed by atoms with van der Waals surface area (Å²) in [5, 5.41) is 24.6. The van der Waals surface area contributed by atoms with Crippen LogP contribution >= 0.6 is 0 Å². The number of carbonyl (C=O) groups excluding carboxylic acids is 1. The van der Waals surface area contributed by atoms with E-state index >= 15 is 0 Å². The first-order valence-electron chi connectivity index (χ1n) is 13.6. The quantitative estimate of drug-likeness (QED) is 0.348. The highest BCUT2D eigenvalue weighted by Crippen LogP contribution is 2.20. The molecule has 0 radical (unpaired) electrons. The summed E-state index contributed by atoms with van der Waals surface area (Å²) in [6.07, 6.45) is 14.4. The molecule has 0 bridgehead atoms. The number of rotatable bonds is 10. The van der Waals surface area contributed by atoms with Crippen LogP contribution in [0.4, 0.5) is 0 Å². The lowest BCUT2D eigenvalue weighted by molar-refractivity contribution is -0.121. The maximum atomic E-state index is 13.5. The van der Waals surface area contributed by atoms with Crippen molar-refractivity contribution in [1.29, 1.82) is 10.5 Å². The van der Waals surface area contributed by atoms with Gasteiger partial charge < -0.3 is 20.3 Å². The highest BCUT2D eigenvalue weighted by Gasteiger charge is 2.22. The molecule has 1 unspecified atom stereocenters. The third-order valence-corrected chi connectivity index (χ3v) is 7.00. The number of ether oxygens (including phenoxy) is 1. The summed E-state index contributed by atoms with van der Waals surface area (Å²) in [6.45, 7) is 2.69. The van der Waals surface area contributed by atoms with Crippen molar-refractivity contribution in [2.75, 3.05) is 26.2 Å². The lowest BCUT2D eigenvalue weighted by Gasteiger charge is -2.29. The Hall–Kier alpha value is -4.33. The topological polar surface area (TPSA) is 101 Å². The van der Waals surface area contributed by atoms with Crippen LogP contribution in [0.25, 0.3) is 0 Å². The molecule has 0 saturated carbocycles. The zero-order valence-corrected chi connectivity index (χ0v) is 22.2. The van der Waals surface area contributed by atoms with Crippen LogP contribution in [0.1, 0.15) is 48.3 Å². The second-order valence-electron chi connectivity index (χ2n) is 9.80. The van der Waals surface area contributed by atoms with Crippen molar-refractivity contribution in [1.82, 2.24) is 15.5 Å². The van der Waals surface area contributed by atoms with E-state index in [-0.39, 0.29) is 17.9 Å². The molecule has 2 aromatic carbocycles. The van der Waals surface area contributed by atoms with Crippen LogP contribution in [0.15, 0.2) is 90.4 Å². The second-order valence-corrected chi connectivity index (χ2v) is 9.80. The summed E-state index contributed by atoms with van der Waals surface area (Å²) in [7, 11) is 0. The van der Waals surface area contributed by atoms with Crippen LogP contribution in [-0.4, -0.2) is 43.1 Å². The lowest BCUT2D eigenvalue weighted by Crippen LogP contribution is -2.35. The molecule has 1 amide bonds. The average molecular weight is 522 g/mol. The van der Waals surface area contributed by atoms with Gasteiger partial charge in [-0.3, -0.25) is 4.79 Å². The normalized spacial score (nSPS) is 17.8. The third kappa shape index (κ3) is 8.60. The summed E-state index contributed by atoms with van der Waals surface area (Å²) < 4.78 is 6.22. The first-order chi connectivity index (χ1) is 19.1. The summed E-state index contributed by atoms with van der Waals surface area (Å²) >= 11 is 0. The molecule has 39 heavy (non-hydrogen) atoms. The standard InChI is InChI=1S/C32H35N5O2/c33-22-26-12-10-25(11-13-26)16-19-35-23-31(27-6-2-1-3-7-27)32(38)36-28-8-4-5-9-29(15-14-28)39-30-17-20-37(24-34)21-18-30/h1-3,6-15,30-31,35H,4-5,16-21,23H2,(H,36,38)/b15-14?,28-8?,29-9-. The zero-order chi connectivity index (χ0) is 27.3. The van der Waals surface area contributed by atoms with Crippen molar-refractivity contribution in [2.24, 2.45) is 0 Å². The molecule has 1 atom stereocenters. The molecule has 2 aliphatic rings. The second kappa shape index (κ2) is 14.6. The molecule has 1 aliphatic carbocycles. The zero-order valence-electron chi connectivity index (χ0n) is 22.2. The number of benzene rings is 2. The van der Waals surface area contributed by atoms with Gasteiger partial charge in [0.05, 0.1) is 17.6 Å². The first-order valence-corrected chi connectivity index (χ1v) is 13.6. The Balaban J connectivity index is 1.33. The minimum atomic E-state index is -0.344. The van der Waals surface area contributed by atoms with Gasteiger partial charge in [0.15, 0.2) is 6.19 Å². The first kappa shape index (κ1) is 27.7. The number of carbonyl (C=O) groups is 1. The smallest absolute Gasteiger partial charge is 0.233 e. The predicted molar refractivity (Wildman–Crippen MR) is 151 cm³/mol. The number of piperidine rings is 1. The number of amides is 1. The Morgan fingerprint density at radius 3 is 2.46 bits per heavy atom. The largest absolute Gasteiger partial charge is 0.491 e. The van der Waals surface area contributed by atoms with Gasteiger partial charge in [-0.25, -0.2) is 0 Å². The Bertz CT molecular complexity index is 1260. The van der Waals surface area contributed by atoms with Gasteiger partial charge >= 0.3 is 0 Å². The third-order valence-electron chi connectivity index (χ3n) is 7.00. The maximum absolute atomic E-state index is 13.5. The number of nitrogens with zero attached hydrogens (tertiary/aromatic N) is 3. The Kier molecular flexibility index (Phi) is 10.3. The molecule has 2 N–H and O–H groups in total. The van der Waals surface area contributed by atoms with Crippen LogP contribution in [0.2, 0.25) is 0 Å². The van der Waals surface area contributed by atoms with Gasteiger partial charge in [0.2, 0.25) is 5.91 Å². The van der Waals surface area contributed by atoms with E-state index in [2.05, 4.69) is 29.0 Å². The van der Waals surface area contributed by atoms with Gasteiger partial charge in [0.1, 0.15) is 11.9 Å². The number of hydrogen-bond donors (Lipinski definition) is 2. The molecule has 0 spiro atoms. The molecule has 1 aliphatic heterocycles. The van der Waals surface area contributed by atoms with Crippen LogP contribution in [-0.2, 0) is 16.0 Å². The molecule has 1 fully saturated rings. The Morgan fingerprint density at radius 2 is 1.74 bits per heavy atom. The molecule has 2 aromatic rings. The van der Waals surface area contributed by atoms with Gasteiger partial charge in [-0.1, -0.05) is 48.5 Å². The van der Waals surface area contributed by atoms with Gasteiger partial charge in [0, 0.05) is 38.2 Å². The van der Waals surface area contributed by atoms with E-state index in [9.17, 15) is 4.79 Å². The van der Waals surface area contributed by atoms with E-state index in [1.807, 2.05) is 72.8 Å². The fourth-order valence-corrected chi connectivity index (χ4v) is 4.72. The summed E-state index contributed by atoms with van der Waals surface area (Å²) in [4.78, 5) is 15.2. The Morgan fingerprint density at radius 1 is 1.00 bits per heavy atom. The van der Waals surface area contributed by atoms with Crippen molar-refractivity contribution in [2.45, 2.75) is 44.1 Å². The lowest BCUT2D eigenvalue weighted by atomic mass is 9.97. The maximum Gasteiger partial charge on any atom is 0.233 e. The van der Waals surface area contributed by atoms with Gasteiger partial charge in [-0.05, 0) is 67.3 Å². The van der Waals surface area contributed by atoms with Crippen molar-refractivity contribution < 1.29 is 9.53 Å². The molecule has 7 heteroatoms. The average Bonchev–Trinajstić information content (AvgIpc) is 2.97. The summed E-state index contributed by atoms with van der Waals surface area (Å²) in [5.74, 6) is 0.414. The number of allylic oxidation sites excluding steroid dienone is 4. The molecule has 1 saturated heterocycles. The highest BCUT2D eigenvalue weighted by atomic mass is 16.5. The minimum absolute atomic E-state index is 0.0566. The molecular formula is C32H35N5O2. The minimum Gasteiger partial charge on any atom is -0.491 e. The summed E-state index contributed by atoms with van der Waals surface area (Å²) in [6, 6.07) is 19.6. The fraction of sp³-hybridized carbons (Fsp3) is 0.344. The van der Waals surface area contributed by atoms with Crippen LogP contribution < -0.4 is 10.6 Å². The molecule has 200 valence electrons. The number of likely N-dealkylation sites (tertiary alicyclic amines) is 1. The Labute approximate surface area is 231 Å². The van der Waals surface area contributed by atoms with Crippen molar-refractivity contribution >= 4 is 5.91 Å². The fourth-order valence-electron chi connectivity index (χ4n) is 4.72. The molecule has 7 nitrogen and oxygen atoms in total. The van der Waals surface area contributed by atoms with E-state index in [0.29, 0.717) is 12.1 Å². The molecule has 1 heterocycles. The van der Waals surface area contributed by atoms with Gasteiger partial charge in [-0.15, -0.1) is 0 Å². The van der Waals surface area contributed by atoms with E-state index < -0.39 is 0 Å². The number of hydrogen-bond acceptors (Lipinski definition) is 6. The highest BCUT2D eigenvalue weighted by molar-refractivity contribution is 5.85. The summed E-state index contributed by atoms with van der Waals surface area (Å²) in [5.41, 5.74) is 3.53. The number of nitrogens with one attached hydrogen (secondary N) is 2. The van der Waals surface area contributed by atoms with E-state index in [0.717, 1.165) is 74.3 Å². The van der Waals surface area contributed by atoms with Gasteiger partial charge in [0.25, 0.3) is 0 Å². The predicted octanol–water partition coefficient (Wildman–Crippen LogP) is 4.67. The van der Waals surface area contributed by atoms with E-state index in [4.69, 9.17) is 15.3 Å². The molecule has 0 aromatic heterocycles. The van der Waals surface area contributed by atoms with Crippen LogP contribution in [0.5, 0.6) is 0 Å². The van der Waals surface area contributed by atoms with Crippen LogP contribution in [0.3, 0.4) is 0 Å². The number of nitriles is 2. The van der Waals surface area contributed by atoms with E-state index in [1.54, 1.807) is 4.90 Å². The molecule has 4 rings (SSSR count). The SMILES string of the molecule is N#Cc1ccc(CCNCC(C(=O)NC2=CCC/C=C(\OC3CCN(C#N)CC3)C=C2)c2ccccc2)cc1. The van der Waals surface area contributed by atoms with Gasteiger partial charge in [-0.2, -0.15) is 10.5 Å². The van der Waals surface area contributed by atoms with Crippen molar-refractivity contribution in [3.8, 4) is 12.3 Å². The van der Waals surface area contributed by atoms with Crippen molar-refractivity contribution in [3.05, 3.63) is 107 Å². The van der Waals surface area contributed by atoms with Crippen molar-refractivity contribution in [3.63, 3.8) is 0 Å². The van der Waals surface area contributed by atoms with Crippen LogP contribution in [0, 0.1) is 22.8 Å². The van der Waals surface area contributed by atoms with E-state index in [1.165, 1.54) is 0 Å². The monoisotopic (exact) mass is 521 g/mol.